The van der Waals surface area contributed by atoms with Crippen LogP contribution in [0, 0.1) is 19.3 Å². The molecule has 9 heavy (non-hydrogen) atoms. The van der Waals surface area contributed by atoms with E-state index in [0.29, 0.717) is 0 Å². The Morgan fingerprint density at radius 2 is 2.33 bits per heavy atom. The van der Waals surface area contributed by atoms with E-state index in [4.69, 9.17) is 6.42 Å². The lowest BCUT2D eigenvalue weighted by Crippen LogP contribution is -2.06. The van der Waals surface area contributed by atoms with Crippen molar-refractivity contribution in [2.24, 2.45) is 0 Å². The monoisotopic (exact) mass is 127 g/mol. The number of hydrogen-bond donors (Lipinski definition) is 0. The predicted octanol–water partition coefficient (Wildman–Crippen LogP) is 0.607. The molecule has 3 heteroatoms. The Hall–Kier alpha value is -1.17. The van der Waals surface area contributed by atoms with Crippen LogP contribution in [0.1, 0.15) is 0 Å². The van der Waals surface area contributed by atoms with E-state index in [9.17, 15) is 4.79 Å². The molecule has 0 saturated carbocycles. The highest BCUT2D eigenvalue weighted by atomic mass is 16.7. The van der Waals surface area contributed by atoms with Gasteiger partial charge in [-0.1, -0.05) is 5.92 Å². The van der Waals surface area contributed by atoms with Gasteiger partial charge in [-0.05, 0) is 6.92 Å². The molecule has 0 aromatic heterocycles. The van der Waals surface area contributed by atoms with Gasteiger partial charge in [-0.2, -0.15) is 0 Å². The van der Waals surface area contributed by atoms with E-state index in [1.54, 1.807) is 0 Å². The van der Waals surface area contributed by atoms with Gasteiger partial charge in [0.15, 0.2) is 6.61 Å². The van der Waals surface area contributed by atoms with Crippen molar-refractivity contribution in [1.29, 1.82) is 0 Å². The van der Waals surface area contributed by atoms with Crippen molar-refractivity contribution >= 4 is 6.16 Å². The average molecular weight is 127 g/mol. The van der Waals surface area contributed by atoms with Gasteiger partial charge >= 0.3 is 6.16 Å². The second-order valence-electron chi connectivity index (χ2n) is 1.09. The van der Waals surface area contributed by atoms with Crippen LogP contribution in [0.2, 0.25) is 0 Å². The minimum absolute atomic E-state index is 0.0567. The lowest BCUT2D eigenvalue weighted by atomic mass is 10.8. The van der Waals surface area contributed by atoms with Crippen LogP contribution >= 0.6 is 0 Å². The van der Waals surface area contributed by atoms with Gasteiger partial charge < -0.3 is 9.47 Å². The van der Waals surface area contributed by atoms with E-state index >= 15 is 0 Å². The zero-order valence-electron chi connectivity index (χ0n) is 4.92. The van der Waals surface area contributed by atoms with Gasteiger partial charge in [-0.3, -0.25) is 0 Å². The SMILES string of the molecule is C#CCOC(=O)OC[CH2]. The largest absolute Gasteiger partial charge is 0.509 e. The minimum Gasteiger partial charge on any atom is -0.434 e. The normalized spacial score (nSPS) is 7.56. The Morgan fingerprint density at radius 1 is 1.67 bits per heavy atom. The predicted molar refractivity (Wildman–Crippen MR) is 31.5 cm³/mol. The van der Waals surface area contributed by atoms with Crippen LogP contribution in [0.15, 0.2) is 0 Å². The Kier molecular flexibility index (Phi) is 4.33. The highest BCUT2D eigenvalue weighted by molar-refractivity contribution is 5.60. The van der Waals surface area contributed by atoms with Crippen LogP contribution in [-0.4, -0.2) is 19.4 Å². The first-order valence-corrected chi connectivity index (χ1v) is 2.33. The summed E-state index contributed by atoms with van der Waals surface area (Å²) < 4.78 is 8.57. The molecule has 0 spiro atoms. The Morgan fingerprint density at radius 3 is 2.78 bits per heavy atom. The Balaban J connectivity index is 3.19. The van der Waals surface area contributed by atoms with Crippen molar-refractivity contribution in [3.63, 3.8) is 0 Å². The summed E-state index contributed by atoms with van der Waals surface area (Å²) in [7, 11) is 0. The summed E-state index contributed by atoms with van der Waals surface area (Å²) in [6.07, 6.45) is 4.00. The highest BCUT2D eigenvalue weighted by Crippen LogP contribution is 1.81. The molecule has 0 unspecified atom stereocenters. The fourth-order valence-electron chi connectivity index (χ4n) is 0.226. The van der Waals surface area contributed by atoms with E-state index in [2.05, 4.69) is 22.3 Å². The Bertz CT molecular complexity index is 123. The maximum atomic E-state index is 10.2. The molecule has 0 fully saturated rings. The fourth-order valence-corrected chi connectivity index (χ4v) is 0.226. The third kappa shape index (κ3) is 4.69. The molecular weight excluding hydrogens is 120 g/mol. The van der Waals surface area contributed by atoms with Gasteiger partial charge in [-0.15, -0.1) is 6.42 Å². The molecule has 1 radical (unpaired) electrons. The van der Waals surface area contributed by atoms with Crippen LogP contribution in [0.25, 0.3) is 0 Å². The molecule has 0 aliphatic heterocycles. The summed E-state index contributed by atoms with van der Waals surface area (Å²) in [6.45, 7) is 3.26. The average Bonchev–Trinajstić information content (AvgIpc) is 1.85. The number of rotatable bonds is 2. The quantitative estimate of drug-likeness (QED) is 0.402. The first kappa shape index (κ1) is 7.83. The third-order valence-corrected chi connectivity index (χ3v) is 0.493. The van der Waals surface area contributed by atoms with Gasteiger partial charge in [0.25, 0.3) is 0 Å². The maximum Gasteiger partial charge on any atom is 0.509 e. The van der Waals surface area contributed by atoms with Crippen molar-refractivity contribution in [2.45, 2.75) is 0 Å². The molecule has 0 amide bonds. The molecule has 0 aromatic rings. The van der Waals surface area contributed by atoms with Crippen LogP contribution in [0.3, 0.4) is 0 Å². The molecule has 0 saturated heterocycles. The van der Waals surface area contributed by atoms with Crippen molar-refractivity contribution in [3.05, 3.63) is 6.92 Å². The summed E-state index contributed by atoms with van der Waals surface area (Å²) in [5.41, 5.74) is 0. The van der Waals surface area contributed by atoms with Crippen molar-refractivity contribution in [1.82, 2.24) is 0 Å². The molecule has 3 nitrogen and oxygen atoms in total. The highest BCUT2D eigenvalue weighted by Gasteiger charge is 1.97. The lowest BCUT2D eigenvalue weighted by molar-refractivity contribution is 0.0727. The van der Waals surface area contributed by atoms with Crippen LogP contribution in [-0.2, 0) is 9.47 Å². The first-order chi connectivity index (χ1) is 4.31. The van der Waals surface area contributed by atoms with Crippen LogP contribution in [0.4, 0.5) is 4.79 Å². The molecule has 0 aliphatic carbocycles. The third-order valence-electron chi connectivity index (χ3n) is 0.493. The van der Waals surface area contributed by atoms with Gasteiger partial charge in [-0.25, -0.2) is 4.79 Å². The van der Waals surface area contributed by atoms with E-state index in [0.717, 1.165) is 0 Å². The topological polar surface area (TPSA) is 35.5 Å². The van der Waals surface area contributed by atoms with Gasteiger partial charge in [0.2, 0.25) is 0 Å². The number of carbonyl (C=O) groups excluding carboxylic acids is 1. The molecular formula is C6H7O3. The fraction of sp³-hybridized carbons (Fsp3) is 0.333. The molecule has 0 N–H and O–H groups in total. The summed E-state index contributed by atoms with van der Waals surface area (Å²) in [5, 5.41) is 0. The molecule has 0 aromatic carbocycles. The van der Waals surface area contributed by atoms with E-state index < -0.39 is 6.16 Å². The van der Waals surface area contributed by atoms with Gasteiger partial charge in [0, 0.05) is 0 Å². The minimum atomic E-state index is -0.775. The zero-order chi connectivity index (χ0) is 7.11. The van der Waals surface area contributed by atoms with Crippen LogP contribution < -0.4 is 0 Å². The summed E-state index contributed by atoms with van der Waals surface area (Å²) in [6, 6.07) is 0. The molecule has 0 aliphatic rings. The number of terminal acetylenes is 1. The van der Waals surface area contributed by atoms with Crippen molar-refractivity contribution < 1.29 is 14.3 Å². The van der Waals surface area contributed by atoms with Gasteiger partial charge in [0.1, 0.15) is 0 Å². The zero-order valence-corrected chi connectivity index (χ0v) is 4.92. The molecule has 0 atom stereocenters. The Labute approximate surface area is 54.0 Å². The number of carbonyl (C=O) groups is 1. The molecule has 0 bridgehead atoms. The smallest absolute Gasteiger partial charge is 0.434 e. The van der Waals surface area contributed by atoms with Crippen molar-refractivity contribution in [3.8, 4) is 12.3 Å². The van der Waals surface area contributed by atoms with E-state index in [1.165, 1.54) is 0 Å². The lowest BCUT2D eigenvalue weighted by Gasteiger charge is -1.98. The molecule has 49 valence electrons. The second-order valence-corrected chi connectivity index (χ2v) is 1.09. The second kappa shape index (κ2) is 4.98. The summed E-state index contributed by atoms with van der Waals surface area (Å²) >= 11 is 0. The van der Waals surface area contributed by atoms with Crippen LogP contribution in [0.5, 0.6) is 0 Å². The first-order valence-electron chi connectivity index (χ1n) is 2.33. The molecule has 0 rings (SSSR count). The number of ether oxygens (including phenoxy) is 2. The molecule has 0 heterocycles. The number of hydrogen-bond acceptors (Lipinski definition) is 3. The summed E-state index contributed by atoms with van der Waals surface area (Å²) in [4.78, 5) is 10.2. The van der Waals surface area contributed by atoms with E-state index in [1.807, 2.05) is 0 Å². The van der Waals surface area contributed by atoms with E-state index in [-0.39, 0.29) is 13.2 Å². The maximum absolute atomic E-state index is 10.2. The van der Waals surface area contributed by atoms with Crippen molar-refractivity contribution in [2.75, 3.05) is 13.2 Å². The standard InChI is InChI=1S/C6H7O3/c1-3-5-9-6(7)8-4-2/h1H,2,4-5H2. The van der Waals surface area contributed by atoms with Gasteiger partial charge in [0.05, 0.1) is 6.61 Å². The summed E-state index contributed by atoms with van der Waals surface area (Å²) in [5.74, 6) is 2.11.